The van der Waals surface area contributed by atoms with Gasteiger partial charge in [0.05, 0.1) is 10.0 Å². The largest absolute Gasteiger partial charge is 0.324 e. The lowest BCUT2D eigenvalue weighted by Gasteiger charge is -2.36. The monoisotopic (exact) mass is 300 g/mol. The third-order valence-electron chi connectivity index (χ3n) is 3.21. The Hall–Kier alpha value is -0.940. The standard InChI is InChI=1S/C12H14BrFN2O/c1-7-5-8(13)9(14)6-10(7)16-11(17)12(15)3-2-4-12/h5-6H,2-4,15H2,1H3,(H,16,17). The van der Waals surface area contributed by atoms with Gasteiger partial charge in [-0.3, -0.25) is 4.79 Å². The highest BCUT2D eigenvalue weighted by molar-refractivity contribution is 9.10. The molecule has 17 heavy (non-hydrogen) atoms. The Kier molecular flexibility index (Phi) is 3.23. The van der Waals surface area contributed by atoms with Gasteiger partial charge >= 0.3 is 0 Å². The van der Waals surface area contributed by atoms with Crippen LogP contribution in [0.4, 0.5) is 10.1 Å². The summed E-state index contributed by atoms with van der Waals surface area (Å²) in [6.45, 7) is 1.81. The van der Waals surface area contributed by atoms with Crippen LogP contribution >= 0.6 is 15.9 Å². The van der Waals surface area contributed by atoms with Crippen LogP contribution in [0.1, 0.15) is 24.8 Å². The predicted molar refractivity (Wildman–Crippen MR) is 68.2 cm³/mol. The second-order valence-corrected chi connectivity index (χ2v) is 5.40. The summed E-state index contributed by atoms with van der Waals surface area (Å²) in [5, 5.41) is 2.70. The fraction of sp³-hybridized carbons (Fsp3) is 0.417. The van der Waals surface area contributed by atoms with Crippen molar-refractivity contribution in [3.8, 4) is 0 Å². The van der Waals surface area contributed by atoms with E-state index in [9.17, 15) is 9.18 Å². The molecule has 3 nitrogen and oxygen atoms in total. The zero-order valence-corrected chi connectivity index (χ0v) is 11.1. The molecular formula is C12H14BrFN2O. The first-order valence-electron chi connectivity index (χ1n) is 5.48. The number of aryl methyl sites for hydroxylation is 1. The third kappa shape index (κ3) is 2.35. The summed E-state index contributed by atoms with van der Waals surface area (Å²) >= 11 is 3.10. The molecule has 1 aromatic rings. The van der Waals surface area contributed by atoms with E-state index in [-0.39, 0.29) is 5.91 Å². The minimum absolute atomic E-state index is 0.228. The fourth-order valence-corrected chi connectivity index (χ4v) is 2.27. The molecule has 0 heterocycles. The Morgan fingerprint density at radius 1 is 1.53 bits per heavy atom. The molecule has 0 aromatic heterocycles. The Morgan fingerprint density at radius 2 is 2.18 bits per heavy atom. The maximum Gasteiger partial charge on any atom is 0.244 e. The van der Waals surface area contributed by atoms with Gasteiger partial charge in [0.2, 0.25) is 5.91 Å². The number of hydrogen-bond donors (Lipinski definition) is 2. The lowest BCUT2D eigenvalue weighted by molar-refractivity contribution is -0.123. The van der Waals surface area contributed by atoms with Crippen molar-refractivity contribution >= 4 is 27.5 Å². The van der Waals surface area contributed by atoms with Crippen molar-refractivity contribution in [1.29, 1.82) is 0 Å². The summed E-state index contributed by atoms with van der Waals surface area (Å²) < 4.78 is 13.8. The van der Waals surface area contributed by atoms with E-state index < -0.39 is 11.4 Å². The zero-order chi connectivity index (χ0) is 12.6. The van der Waals surface area contributed by atoms with Gasteiger partial charge in [0.15, 0.2) is 0 Å². The summed E-state index contributed by atoms with van der Waals surface area (Å²) in [6.07, 6.45) is 2.35. The van der Waals surface area contributed by atoms with Crippen LogP contribution in [-0.2, 0) is 4.79 Å². The molecular weight excluding hydrogens is 287 g/mol. The van der Waals surface area contributed by atoms with Gasteiger partial charge in [0.1, 0.15) is 5.82 Å². The normalized spacial score (nSPS) is 17.4. The van der Waals surface area contributed by atoms with E-state index in [1.807, 2.05) is 6.92 Å². The van der Waals surface area contributed by atoms with Gasteiger partial charge in [0, 0.05) is 5.69 Å². The van der Waals surface area contributed by atoms with E-state index >= 15 is 0 Å². The molecule has 0 radical (unpaired) electrons. The number of amides is 1. The summed E-state index contributed by atoms with van der Waals surface area (Å²) in [4.78, 5) is 11.9. The van der Waals surface area contributed by atoms with Crippen molar-refractivity contribution in [3.05, 3.63) is 28.0 Å². The molecule has 92 valence electrons. The molecule has 0 spiro atoms. The summed E-state index contributed by atoms with van der Waals surface area (Å²) in [5.41, 5.74) is 6.41. The van der Waals surface area contributed by atoms with Crippen molar-refractivity contribution in [1.82, 2.24) is 0 Å². The highest BCUT2D eigenvalue weighted by atomic mass is 79.9. The smallest absolute Gasteiger partial charge is 0.244 e. The average Bonchev–Trinajstić information content (AvgIpc) is 2.22. The molecule has 0 saturated heterocycles. The van der Waals surface area contributed by atoms with Crippen molar-refractivity contribution in [2.24, 2.45) is 5.73 Å². The SMILES string of the molecule is Cc1cc(Br)c(F)cc1NC(=O)C1(N)CCC1. The Labute approximate surface area is 108 Å². The van der Waals surface area contributed by atoms with Crippen LogP contribution in [0.25, 0.3) is 0 Å². The van der Waals surface area contributed by atoms with E-state index in [0.29, 0.717) is 23.0 Å². The third-order valence-corrected chi connectivity index (χ3v) is 3.82. The maximum atomic E-state index is 13.4. The second kappa shape index (κ2) is 4.38. The Bertz CT molecular complexity index is 472. The average molecular weight is 301 g/mol. The number of carbonyl (C=O) groups is 1. The van der Waals surface area contributed by atoms with Gasteiger partial charge in [-0.05, 0) is 59.8 Å². The molecule has 5 heteroatoms. The Balaban J connectivity index is 2.19. The molecule has 0 unspecified atom stereocenters. The van der Waals surface area contributed by atoms with Crippen LogP contribution in [0.5, 0.6) is 0 Å². The molecule has 0 bridgehead atoms. The minimum Gasteiger partial charge on any atom is -0.324 e. The molecule has 1 aliphatic rings. The van der Waals surface area contributed by atoms with Gasteiger partial charge in [-0.25, -0.2) is 4.39 Å². The lowest BCUT2D eigenvalue weighted by atomic mass is 9.77. The first-order chi connectivity index (χ1) is 7.92. The number of carbonyl (C=O) groups excluding carboxylic acids is 1. The summed E-state index contributed by atoms with van der Waals surface area (Å²) in [6, 6.07) is 2.94. The van der Waals surface area contributed by atoms with Crippen LogP contribution in [0.2, 0.25) is 0 Å². The number of nitrogens with one attached hydrogen (secondary N) is 1. The Morgan fingerprint density at radius 3 is 2.71 bits per heavy atom. The first kappa shape index (κ1) is 12.5. The number of benzene rings is 1. The van der Waals surface area contributed by atoms with Gasteiger partial charge in [-0.1, -0.05) is 0 Å². The van der Waals surface area contributed by atoms with Gasteiger partial charge in [0.25, 0.3) is 0 Å². The first-order valence-corrected chi connectivity index (χ1v) is 6.28. The molecule has 0 atom stereocenters. The van der Waals surface area contributed by atoms with Crippen molar-refractivity contribution in [2.75, 3.05) is 5.32 Å². The fourth-order valence-electron chi connectivity index (χ4n) is 1.81. The molecule has 3 N–H and O–H groups in total. The van der Waals surface area contributed by atoms with Crippen molar-refractivity contribution in [2.45, 2.75) is 31.7 Å². The van der Waals surface area contributed by atoms with Gasteiger partial charge < -0.3 is 11.1 Å². The topological polar surface area (TPSA) is 55.1 Å². The van der Waals surface area contributed by atoms with E-state index in [4.69, 9.17) is 5.73 Å². The predicted octanol–water partition coefficient (Wildman–Crippen LogP) is 2.72. The molecule has 1 aliphatic carbocycles. The summed E-state index contributed by atoms with van der Waals surface area (Å²) in [5.74, 6) is -0.626. The zero-order valence-electron chi connectivity index (χ0n) is 9.52. The maximum absolute atomic E-state index is 13.4. The van der Waals surface area contributed by atoms with E-state index in [1.54, 1.807) is 6.07 Å². The molecule has 1 saturated carbocycles. The highest BCUT2D eigenvalue weighted by Crippen LogP contribution is 2.31. The number of hydrogen-bond acceptors (Lipinski definition) is 2. The summed E-state index contributed by atoms with van der Waals surface area (Å²) in [7, 11) is 0. The van der Waals surface area contributed by atoms with Crippen LogP contribution in [-0.4, -0.2) is 11.4 Å². The number of rotatable bonds is 2. The minimum atomic E-state index is -0.768. The quantitative estimate of drug-likeness (QED) is 0.882. The molecule has 2 rings (SSSR count). The van der Waals surface area contributed by atoms with Gasteiger partial charge in [-0.15, -0.1) is 0 Å². The molecule has 1 amide bonds. The number of anilines is 1. The molecule has 1 aromatic carbocycles. The van der Waals surface area contributed by atoms with Crippen LogP contribution in [0.15, 0.2) is 16.6 Å². The van der Waals surface area contributed by atoms with Crippen molar-refractivity contribution in [3.63, 3.8) is 0 Å². The van der Waals surface area contributed by atoms with Crippen LogP contribution in [0, 0.1) is 12.7 Å². The van der Waals surface area contributed by atoms with Crippen LogP contribution < -0.4 is 11.1 Å². The van der Waals surface area contributed by atoms with E-state index in [0.717, 1.165) is 12.0 Å². The molecule has 1 fully saturated rings. The number of halogens is 2. The number of nitrogens with two attached hydrogens (primary N) is 1. The van der Waals surface area contributed by atoms with Gasteiger partial charge in [-0.2, -0.15) is 0 Å². The van der Waals surface area contributed by atoms with E-state index in [2.05, 4.69) is 21.2 Å². The second-order valence-electron chi connectivity index (χ2n) is 4.55. The van der Waals surface area contributed by atoms with Crippen LogP contribution in [0.3, 0.4) is 0 Å². The highest BCUT2D eigenvalue weighted by Gasteiger charge is 2.40. The molecule has 0 aliphatic heterocycles. The lowest BCUT2D eigenvalue weighted by Crippen LogP contribution is -2.56. The van der Waals surface area contributed by atoms with Crippen molar-refractivity contribution < 1.29 is 9.18 Å². The van der Waals surface area contributed by atoms with E-state index in [1.165, 1.54) is 6.07 Å².